The van der Waals surface area contributed by atoms with Crippen LogP contribution in [0.4, 0.5) is 0 Å². The van der Waals surface area contributed by atoms with Crippen molar-refractivity contribution < 1.29 is 23.5 Å². The zero-order valence-corrected chi connectivity index (χ0v) is 10.3. The van der Waals surface area contributed by atoms with E-state index >= 15 is 0 Å². The van der Waals surface area contributed by atoms with E-state index < -0.39 is 19.6 Å². The van der Waals surface area contributed by atoms with Gasteiger partial charge in [-0.1, -0.05) is 13.8 Å². The summed E-state index contributed by atoms with van der Waals surface area (Å²) in [5, 5.41) is 11.5. The second-order valence-corrected chi connectivity index (χ2v) is 5.67. The second kappa shape index (κ2) is 6.23. The van der Waals surface area contributed by atoms with Crippen LogP contribution in [-0.2, 0) is 18.4 Å². The SMILES string of the molecule is COP(=O)(CN[C@@H](C(=O)O)C(C)C)OC. The van der Waals surface area contributed by atoms with Crippen LogP contribution in [0.15, 0.2) is 0 Å². The summed E-state index contributed by atoms with van der Waals surface area (Å²) in [6, 6.07) is -0.761. The fourth-order valence-electron chi connectivity index (χ4n) is 1.02. The zero-order valence-electron chi connectivity index (χ0n) is 9.39. The molecule has 0 unspecified atom stereocenters. The normalized spacial score (nSPS) is 14.2. The molecule has 0 spiro atoms. The number of nitrogens with one attached hydrogen (secondary N) is 1. The Morgan fingerprint density at radius 1 is 1.40 bits per heavy atom. The van der Waals surface area contributed by atoms with E-state index in [-0.39, 0.29) is 12.2 Å². The lowest BCUT2D eigenvalue weighted by Crippen LogP contribution is -2.41. The molecule has 0 aromatic carbocycles. The molecule has 0 amide bonds. The first-order valence-electron chi connectivity index (χ1n) is 4.53. The maximum atomic E-state index is 11.6. The summed E-state index contributed by atoms with van der Waals surface area (Å²) in [5.41, 5.74) is 0. The number of carboxylic acid groups (broad SMARTS) is 1. The molecule has 0 radical (unpaired) electrons. The predicted octanol–water partition coefficient (Wildman–Crippen LogP) is 1.13. The summed E-state index contributed by atoms with van der Waals surface area (Å²) < 4.78 is 20.9. The zero-order chi connectivity index (χ0) is 12.1. The van der Waals surface area contributed by atoms with Gasteiger partial charge in [0.25, 0.3) is 0 Å². The van der Waals surface area contributed by atoms with Crippen LogP contribution in [0.1, 0.15) is 13.8 Å². The van der Waals surface area contributed by atoms with Gasteiger partial charge in [-0.25, -0.2) is 0 Å². The van der Waals surface area contributed by atoms with Crippen molar-refractivity contribution in [3.8, 4) is 0 Å². The van der Waals surface area contributed by atoms with Crippen LogP contribution in [0.25, 0.3) is 0 Å². The molecule has 0 aliphatic carbocycles. The van der Waals surface area contributed by atoms with Crippen molar-refractivity contribution >= 4 is 13.6 Å². The lowest BCUT2D eigenvalue weighted by atomic mass is 10.1. The first-order valence-corrected chi connectivity index (χ1v) is 6.26. The van der Waals surface area contributed by atoms with Crippen molar-refractivity contribution in [2.24, 2.45) is 5.92 Å². The molecule has 90 valence electrons. The summed E-state index contributed by atoms with van der Waals surface area (Å²) in [6.45, 7) is 3.52. The molecule has 0 rings (SSSR count). The Balaban J connectivity index is 4.34. The highest BCUT2D eigenvalue weighted by atomic mass is 31.2. The summed E-state index contributed by atoms with van der Waals surface area (Å²) in [7, 11) is -0.667. The van der Waals surface area contributed by atoms with Gasteiger partial charge in [-0.3, -0.25) is 14.7 Å². The van der Waals surface area contributed by atoms with E-state index in [0.717, 1.165) is 0 Å². The molecule has 0 saturated carbocycles. The van der Waals surface area contributed by atoms with Crippen LogP contribution >= 0.6 is 7.60 Å². The summed E-state index contributed by atoms with van der Waals surface area (Å²) in [5.74, 6) is -1.09. The Bertz CT molecular complexity index is 247. The van der Waals surface area contributed by atoms with E-state index in [1.54, 1.807) is 13.8 Å². The minimum Gasteiger partial charge on any atom is -0.480 e. The summed E-state index contributed by atoms with van der Waals surface area (Å²) in [4.78, 5) is 10.8. The molecular weight excluding hydrogens is 221 g/mol. The van der Waals surface area contributed by atoms with Crippen LogP contribution in [0.2, 0.25) is 0 Å². The lowest BCUT2D eigenvalue weighted by molar-refractivity contribution is -0.140. The van der Waals surface area contributed by atoms with E-state index in [1.807, 2.05) is 0 Å². The average molecular weight is 239 g/mol. The van der Waals surface area contributed by atoms with Gasteiger partial charge in [-0.15, -0.1) is 0 Å². The highest BCUT2D eigenvalue weighted by molar-refractivity contribution is 7.53. The predicted molar refractivity (Wildman–Crippen MR) is 55.9 cm³/mol. The molecule has 0 aliphatic rings. The molecule has 15 heavy (non-hydrogen) atoms. The van der Waals surface area contributed by atoms with Crippen LogP contribution < -0.4 is 5.32 Å². The van der Waals surface area contributed by atoms with Crippen LogP contribution in [0, 0.1) is 5.92 Å². The van der Waals surface area contributed by atoms with E-state index in [2.05, 4.69) is 14.4 Å². The molecule has 7 heteroatoms. The average Bonchev–Trinajstić information content (AvgIpc) is 2.16. The third kappa shape index (κ3) is 4.75. The Kier molecular flexibility index (Phi) is 6.05. The second-order valence-electron chi connectivity index (χ2n) is 3.40. The van der Waals surface area contributed by atoms with Crippen molar-refractivity contribution in [3.63, 3.8) is 0 Å². The van der Waals surface area contributed by atoms with E-state index in [4.69, 9.17) is 5.11 Å². The van der Waals surface area contributed by atoms with Gasteiger partial charge >= 0.3 is 13.6 Å². The van der Waals surface area contributed by atoms with Crippen molar-refractivity contribution in [3.05, 3.63) is 0 Å². The first-order chi connectivity index (χ1) is 6.86. The molecular formula is C8H18NO5P. The molecule has 0 heterocycles. The Hall–Kier alpha value is -0.420. The third-order valence-electron chi connectivity index (χ3n) is 1.99. The van der Waals surface area contributed by atoms with E-state index in [9.17, 15) is 9.36 Å². The van der Waals surface area contributed by atoms with Gasteiger partial charge in [0.2, 0.25) is 0 Å². The Labute approximate surface area is 89.5 Å². The molecule has 6 nitrogen and oxygen atoms in total. The fraction of sp³-hybridized carbons (Fsp3) is 0.875. The highest BCUT2D eigenvalue weighted by Crippen LogP contribution is 2.44. The minimum absolute atomic E-state index is 0.107. The van der Waals surface area contributed by atoms with Gasteiger partial charge in [-0.05, 0) is 5.92 Å². The standard InChI is InChI=1S/C8H18NO5P/c1-6(2)7(8(10)11)9-5-15(12,13-3)14-4/h6-7,9H,5H2,1-4H3,(H,10,11)/t7-/m1/s1. The van der Waals surface area contributed by atoms with Gasteiger partial charge in [0.05, 0.1) is 6.29 Å². The van der Waals surface area contributed by atoms with Gasteiger partial charge < -0.3 is 14.2 Å². The topological polar surface area (TPSA) is 84.9 Å². The molecule has 0 saturated heterocycles. The number of aliphatic carboxylic acids is 1. The Morgan fingerprint density at radius 2 is 1.87 bits per heavy atom. The van der Waals surface area contributed by atoms with Crippen LogP contribution in [-0.4, -0.2) is 37.6 Å². The molecule has 0 aromatic rings. The van der Waals surface area contributed by atoms with Crippen LogP contribution in [0.3, 0.4) is 0 Å². The largest absolute Gasteiger partial charge is 0.480 e. The maximum absolute atomic E-state index is 11.6. The van der Waals surface area contributed by atoms with Gasteiger partial charge in [-0.2, -0.15) is 0 Å². The summed E-state index contributed by atoms with van der Waals surface area (Å²) >= 11 is 0. The van der Waals surface area contributed by atoms with Crippen molar-refractivity contribution in [1.29, 1.82) is 0 Å². The van der Waals surface area contributed by atoms with Crippen molar-refractivity contribution in [1.82, 2.24) is 5.32 Å². The molecule has 0 fully saturated rings. The van der Waals surface area contributed by atoms with Gasteiger partial charge in [0, 0.05) is 14.2 Å². The number of rotatable bonds is 7. The third-order valence-corrected chi connectivity index (χ3v) is 3.68. The van der Waals surface area contributed by atoms with Crippen molar-refractivity contribution in [2.45, 2.75) is 19.9 Å². The van der Waals surface area contributed by atoms with Gasteiger partial charge in [0.1, 0.15) is 6.04 Å². The highest BCUT2D eigenvalue weighted by Gasteiger charge is 2.27. The monoisotopic (exact) mass is 239 g/mol. The number of hydrogen-bond acceptors (Lipinski definition) is 5. The molecule has 1 atom stereocenters. The van der Waals surface area contributed by atoms with Crippen LogP contribution in [0.5, 0.6) is 0 Å². The smallest absolute Gasteiger partial charge is 0.343 e. The lowest BCUT2D eigenvalue weighted by Gasteiger charge is -2.20. The van der Waals surface area contributed by atoms with E-state index in [0.29, 0.717) is 0 Å². The van der Waals surface area contributed by atoms with Gasteiger partial charge in [0.15, 0.2) is 0 Å². The minimum atomic E-state index is -3.19. The molecule has 2 N–H and O–H groups in total. The quantitative estimate of drug-likeness (QED) is 0.648. The summed E-state index contributed by atoms with van der Waals surface area (Å²) in [6.07, 6.45) is -0.116. The van der Waals surface area contributed by atoms with E-state index in [1.165, 1.54) is 14.2 Å². The number of carbonyl (C=O) groups is 1. The first kappa shape index (κ1) is 14.6. The molecule has 0 aliphatic heterocycles. The maximum Gasteiger partial charge on any atom is 0.343 e. The fourth-order valence-corrected chi connectivity index (χ4v) is 1.85. The number of carboxylic acids is 1. The Morgan fingerprint density at radius 3 is 2.13 bits per heavy atom. The number of hydrogen-bond donors (Lipinski definition) is 2. The molecule has 0 aromatic heterocycles. The van der Waals surface area contributed by atoms with Crippen molar-refractivity contribution in [2.75, 3.05) is 20.5 Å². The molecule has 0 bridgehead atoms.